The van der Waals surface area contributed by atoms with Gasteiger partial charge in [0.05, 0.1) is 5.54 Å². The Hall–Kier alpha value is -0.570. The maximum absolute atomic E-state index is 12.4. The lowest BCUT2D eigenvalue weighted by molar-refractivity contribution is -0.125. The highest BCUT2D eigenvalue weighted by molar-refractivity contribution is 5.77. The van der Waals surface area contributed by atoms with Crippen molar-refractivity contribution >= 4 is 5.91 Å². The molecule has 0 aromatic heterocycles. The summed E-state index contributed by atoms with van der Waals surface area (Å²) in [5, 5.41) is 3.28. The predicted molar refractivity (Wildman–Crippen MR) is 85.4 cm³/mol. The van der Waals surface area contributed by atoms with Gasteiger partial charge >= 0.3 is 0 Å². The van der Waals surface area contributed by atoms with E-state index in [9.17, 15) is 4.79 Å². The van der Waals surface area contributed by atoms with E-state index in [-0.39, 0.29) is 16.9 Å². The highest BCUT2D eigenvalue weighted by Crippen LogP contribution is 2.33. The van der Waals surface area contributed by atoms with Crippen molar-refractivity contribution in [3.05, 3.63) is 0 Å². The van der Waals surface area contributed by atoms with Crippen molar-refractivity contribution < 1.29 is 4.79 Å². The molecule has 0 aromatic carbocycles. The Morgan fingerprint density at radius 2 is 2.05 bits per heavy atom. The first kappa shape index (κ1) is 17.5. The summed E-state index contributed by atoms with van der Waals surface area (Å²) in [7, 11) is 0. The number of nitrogens with one attached hydrogen (secondary N) is 1. The maximum atomic E-state index is 12.4. The van der Waals surface area contributed by atoms with Crippen LogP contribution in [0.2, 0.25) is 0 Å². The van der Waals surface area contributed by atoms with Gasteiger partial charge in [0.2, 0.25) is 5.91 Å². The molecule has 0 saturated heterocycles. The molecule has 1 aliphatic rings. The Morgan fingerprint density at radius 3 is 2.55 bits per heavy atom. The van der Waals surface area contributed by atoms with Gasteiger partial charge in [0.1, 0.15) is 0 Å². The zero-order chi connectivity index (χ0) is 15.4. The molecule has 118 valence electrons. The van der Waals surface area contributed by atoms with Gasteiger partial charge in [-0.25, -0.2) is 0 Å². The number of hydrogen-bond donors (Lipinski definition) is 2. The monoisotopic (exact) mass is 282 g/mol. The second kappa shape index (κ2) is 6.93. The Labute approximate surface area is 125 Å². The van der Waals surface area contributed by atoms with Crippen LogP contribution in [0.1, 0.15) is 73.1 Å². The van der Waals surface area contributed by atoms with Crippen LogP contribution in [0.5, 0.6) is 0 Å². The van der Waals surface area contributed by atoms with Gasteiger partial charge in [0.15, 0.2) is 0 Å². The summed E-state index contributed by atoms with van der Waals surface area (Å²) in [6.45, 7) is 11.6. The highest BCUT2D eigenvalue weighted by Gasteiger charge is 2.38. The van der Waals surface area contributed by atoms with E-state index in [0.29, 0.717) is 24.8 Å². The number of carbonyl (C=O) groups is 1. The SMILES string of the molecule is CC(CC(=O)NC1(CN)CCCCC1C)CC(C)(C)C. The Bertz CT molecular complexity index is 321. The second-order valence-electron chi connectivity index (χ2n) is 8.13. The molecule has 1 rings (SSSR count). The maximum Gasteiger partial charge on any atom is 0.220 e. The number of hydrogen-bond acceptors (Lipinski definition) is 2. The minimum atomic E-state index is -0.156. The molecule has 3 atom stereocenters. The van der Waals surface area contributed by atoms with Crippen molar-refractivity contribution in [3.63, 3.8) is 0 Å². The predicted octanol–water partition coefficient (Wildman–Crippen LogP) is 3.47. The molecule has 0 bridgehead atoms. The molecule has 3 N–H and O–H groups in total. The van der Waals surface area contributed by atoms with Crippen molar-refractivity contribution in [2.75, 3.05) is 6.54 Å². The van der Waals surface area contributed by atoms with Crippen molar-refractivity contribution in [1.82, 2.24) is 5.32 Å². The van der Waals surface area contributed by atoms with Crippen molar-refractivity contribution in [2.24, 2.45) is 23.0 Å². The van der Waals surface area contributed by atoms with Crippen LogP contribution < -0.4 is 11.1 Å². The van der Waals surface area contributed by atoms with E-state index in [4.69, 9.17) is 5.73 Å². The van der Waals surface area contributed by atoms with Gasteiger partial charge in [-0.3, -0.25) is 4.79 Å². The van der Waals surface area contributed by atoms with Crippen molar-refractivity contribution in [1.29, 1.82) is 0 Å². The summed E-state index contributed by atoms with van der Waals surface area (Å²) in [6.07, 6.45) is 6.34. The van der Waals surface area contributed by atoms with Gasteiger partial charge in [-0.15, -0.1) is 0 Å². The molecule has 1 fully saturated rings. The first-order chi connectivity index (χ1) is 9.18. The lowest BCUT2D eigenvalue weighted by atomic mass is 9.73. The van der Waals surface area contributed by atoms with Crippen LogP contribution in [0.15, 0.2) is 0 Å². The lowest BCUT2D eigenvalue weighted by Gasteiger charge is -2.43. The average molecular weight is 282 g/mol. The van der Waals surface area contributed by atoms with Crippen LogP contribution in [0.4, 0.5) is 0 Å². The third kappa shape index (κ3) is 5.08. The molecule has 0 aliphatic heterocycles. The van der Waals surface area contributed by atoms with Gasteiger partial charge in [0.25, 0.3) is 0 Å². The normalized spacial score (nSPS) is 29.0. The van der Waals surface area contributed by atoms with E-state index in [1.807, 2.05) is 0 Å². The topological polar surface area (TPSA) is 55.1 Å². The molecule has 3 unspecified atom stereocenters. The van der Waals surface area contributed by atoms with E-state index in [0.717, 1.165) is 12.8 Å². The summed E-state index contributed by atoms with van der Waals surface area (Å²) in [6, 6.07) is 0. The summed E-state index contributed by atoms with van der Waals surface area (Å²) in [5.41, 5.74) is 6.12. The average Bonchev–Trinajstić information content (AvgIpc) is 2.29. The molecule has 0 heterocycles. The summed E-state index contributed by atoms with van der Waals surface area (Å²) >= 11 is 0. The van der Waals surface area contributed by atoms with E-state index >= 15 is 0 Å². The Morgan fingerprint density at radius 1 is 1.40 bits per heavy atom. The van der Waals surface area contributed by atoms with Crippen molar-refractivity contribution in [2.45, 2.75) is 78.7 Å². The molecule has 3 heteroatoms. The van der Waals surface area contributed by atoms with Gasteiger partial charge in [-0.05, 0) is 36.5 Å². The smallest absolute Gasteiger partial charge is 0.220 e. The molecule has 20 heavy (non-hydrogen) atoms. The number of carbonyl (C=O) groups excluding carboxylic acids is 1. The van der Waals surface area contributed by atoms with Gasteiger partial charge in [-0.2, -0.15) is 0 Å². The third-order valence-corrected chi connectivity index (χ3v) is 4.70. The van der Waals surface area contributed by atoms with Crippen LogP contribution in [-0.4, -0.2) is 18.0 Å². The van der Waals surface area contributed by atoms with E-state index in [1.54, 1.807) is 0 Å². The number of amides is 1. The van der Waals surface area contributed by atoms with E-state index in [2.05, 4.69) is 39.9 Å². The quantitative estimate of drug-likeness (QED) is 0.811. The van der Waals surface area contributed by atoms with Crippen LogP contribution in [0.25, 0.3) is 0 Å². The fraction of sp³-hybridized carbons (Fsp3) is 0.941. The van der Waals surface area contributed by atoms with E-state index < -0.39 is 0 Å². The minimum Gasteiger partial charge on any atom is -0.349 e. The van der Waals surface area contributed by atoms with Gasteiger partial charge < -0.3 is 11.1 Å². The fourth-order valence-electron chi connectivity index (χ4n) is 3.72. The molecule has 1 aliphatic carbocycles. The number of rotatable bonds is 5. The standard InChI is InChI=1S/C17H34N2O/c1-13(11-16(3,4)5)10-15(20)19-17(12-18)9-7-6-8-14(17)2/h13-14H,6-12,18H2,1-5H3,(H,19,20). The molecule has 1 amide bonds. The van der Waals surface area contributed by atoms with E-state index in [1.165, 1.54) is 19.3 Å². The molecule has 0 spiro atoms. The summed E-state index contributed by atoms with van der Waals surface area (Å²) in [5.74, 6) is 1.09. The number of nitrogens with two attached hydrogens (primary N) is 1. The Kier molecular flexibility index (Phi) is 6.06. The zero-order valence-corrected chi connectivity index (χ0v) is 14.1. The first-order valence-corrected chi connectivity index (χ1v) is 8.19. The fourth-order valence-corrected chi connectivity index (χ4v) is 3.72. The van der Waals surface area contributed by atoms with Crippen LogP contribution >= 0.6 is 0 Å². The molecule has 0 radical (unpaired) electrons. The highest BCUT2D eigenvalue weighted by atomic mass is 16.1. The molecule has 0 aromatic rings. The first-order valence-electron chi connectivity index (χ1n) is 8.19. The van der Waals surface area contributed by atoms with Crippen LogP contribution in [0, 0.1) is 17.3 Å². The van der Waals surface area contributed by atoms with Gasteiger partial charge in [-0.1, -0.05) is 47.5 Å². The minimum absolute atomic E-state index is 0.156. The summed E-state index contributed by atoms with van der Waals surface area (Å²) in [4.78, 5) is 12.4. The molecular formula is C17H34N2O. The molecule has 1 saturated carbocycles. The summed E-state index contributed by atoms with van der Waals surface area (Å²) < 4.78 is 0. The van der Waals surface area contributed by atoms with Crippen LogP contribution in [0.3, 0.4) is 0 Å². The lowest BCUT2D eigenvalue weighted by Crippen LogP contribution is -2.59. The second-order valence-corrected chi connectivity index (χ2v) is 8.13. The molecule has 3 nitrogen and oxygen atoms in total. The van der Waals surface area contributed by atoms with Crippen LogP contribution in [-0.2, 0) is 4.79 Å². The zero-order valence-electron chi connectivity index (χ0n) is 14.1. The third-order valence-electron chi connectivity index (χ3n) is 4.70. The van der Waals surface area contributed by atoms with Gasteiger partial charge in [0, 0.05) is 13.0 Å². The Balaban J connectivity index is 2.55. The van der Waals surface area contributed by atoms with Crippen molar-refractivity contribution in [3.8, 4) is 0 Å². The largest absolute Gasteiger partial charge is 0.349 e. The molecular weight excluding hydrogens is 248 g/mol.